The zero-order chi connectivity index (χ0) is 16.7. The van der Waals surface area contributed by atoms with E-state index in [1.54, 1.807) is 13.8 Å². The quantitative estimate of drug-likeness (QED) is 0.784. The van der Waals surface area contributed by atoms with Gasteiger partial charge in [0.2, 0.25) is 0 Å². The third-order valence-electron chi connectivity index (χ3n) is 2.80. The van der Waals surface area contributed by atoms with Crippen LogP contribution in [0.2, 0.25) is 0 Å². The smallest absolute Gasteiger partial charge is 0.358 e. The molecule has 2 aromatic rings. The number of nitrogens with one attached hydrogen (secondary N) is 1. The van der Waals surface area contributed by atoms with Crippen molar-refractivity contribution in [2.45, 2.75) is 20.3 Å². The molecular weight excluding hydrogens is 316 g/mol. The van der Waals surface area contributed by atoms with Crippen LogP contribution in [0.5, 0.6) is 0 Å². The van der Waals surface area contributed by atoms with Crippen molar-refractivity contribution in [1.82, 2.24) is 4.98 Å². The van der Waals surface area contributed by atoms with Crippen molar-refractivity contribution < 1.29 is 19.1 Å². The van der Waals surface area contributed by atoms with E-state index in [-0.39, 0.29) is 18.7 Å². The molecule has 0 saturated carbocycles. The Morgan fingerprint density at radius 2 is 1.83 bits per heavy atom. The Kier molecular flexibility index (Phi) is 6.10. The van der Waals surface area contributed by atoms with E-state index in [0.29, 0.717) is 16.6 Å². The van der Waals surface area contributed by atoms with Gasteiger partial charge in [-0.2, -0.15) is 0 Å². The summed E-state index contributed by atoms with van der Waals surface area (Å²) in [4.78, 5) is 28.5. The van der Waals surface area contributed by atoms with E-state index in [0.717, 1.165) is 5.69 Å². The summed E-state index contributed by atoms with van der Waals surface area (Å²) in [5.74, 6) is -0.933. The summed E-state index contributed by atoms with van der Waals surface area (Å²) in [6.45, 7) is 4.00. The number of para-hydroxylation sites is 1. The molecule has 0 amide bonds. The van der Waals surface area contributed by atoms with Crippen LogP contribution in [0.15, 0.2) is 30.3 Å². The van der Waals surface area contributed by atoms with E-state index in [4.69, 9.17) is 9.47 Å². The minimum atomic E-state index is -0.538. The van der Waals surface area contributed by atoms with Crippen molar-refractivity contribution in [3.63, 3.8) is 0 Å². The third-order valence-corrected chi connectivity index (χ3v) is 3.77. The molecule has 0 radical (unpaired) electrons. The summed E-state index contributed by atoms with van der Waals surface area (Å²) < 4.78 is 9.93. The van der Waals surface area contributed by atoms with Gasteiger partial charge in [0.05, 0.1) is 24.5 Å². The lowest BCUT2D eigenvalue weighted by atomic mass is 10.3. The minimum absolute atomic E-state index is 0.00385. The molecule has 0 spiro atoms. The molecule has 1 heterocycles. The number of hydrogen-bond acceptors (Lipinski definition) is 7. The van der Waals surface area contributed by atoms with Gasteiger partial charge in [-0.1, -0.05) is 18.2 Å². The Bertz CT molecular complexity index is 670. The number of benzene rings is 1. The summed E-state index contributed by atoms with van der Waals surface area (Å²) in [6.07, 6.45) is -0.00385. The lowest BCUT2D eigenvalue weighted by Crippen LogP contribution is -2.12. The van der Waals surface area contributed by atoms with Crippen LogP contribution in [-0.2, 0) is 20.7 Å². The molecule has 0 aliphatic carbocycles. The first-order chi connectivity index (χ1) is 11.1. The van der Waals surface area contributed by atoms with E-state index < -0.39 is 11.9 Å². The molecule has 6 nitrogen and oxygen atoms in total. The Balaban J connectivity index is 2.23. The van der Waals surface area contributed by atoms with Gasteiger partial charge >= 0.3 is 11.9 Å². The zero-order valence-corrected chi connectivity index (χ0v) is 13.8. The first-order valence-electron chi connectivity index (χ1n) is 7.28. The fourth-order valence-electron chi connectivity index (χ4n) is 1.87. The van der Waals surface area contributed by atoms with Gasteiger partial charge in [-0.05, 0) is 26.0 Å². The number of carbonyl (C=O) groups excluding carboxylic acids is 2. The Labute approximate surface area is 138 Å². The van der Waals surface area contributed by atoms with Gasteiger partial charge in [0, 0.05) is 5.69 Å². The van der Waals surface area contributed by atoms with Gasteiger partial charge < -0.3 is 14.8 Å². The van der Waals surface area contributed by atoms with Crippen molar-refractivity contribution in [1.29, 1.82) is 0 Å². The largest absolute Gasteiger partial charge is 0.466 e. The van der Waals surface area contributed by atoms with Crippen LogP contribution in [0.25, 0.3) is 0 Å². The molecule has 0 aliphatic rings. The summed E-state index contributed by atoms with van der Waals surface area (Å²) in [6, 6.07) is 9.46. The Morgan fingerprint density at radius 3 is 2.48 bits per heavy atom. The lowest BCUT2D eigenvalue weighted by molar-refractivity contribution is -0.142. The highest BCUT2D eigenvalue weighted by molar-refractivity contribution is 7.16. The third kappa shape index (κ3) is 4.79. The molecule has 0 saturated heterocycles. The minimum Gasteiger partial charge on any atom is -0.466 e. The van der Waals surface area contributed by atoms with Crippen LogP contribution in [-0.4, -0.2) is 30.1 Å². The molecular formula is C16H18N2O4S. The molecule has 1 aromatic heterocycles. The van der Waals surface area contributed by atoms with Gasteiger partial charge in [0.1, 0.15) is 0 Å². The Hall–Kier alpha value is -2.41. The average molecular weight is 334 g/mol. The van der Waals surface area contributed by atoms with E-state index in [2.05, 4.69) is 10.3 Å². The van der Waals surface area contributed by atoms with E-state index >= 15 is 0 Å². The standard InChI is InChI=1S/C16H18N2O4S/c1-3-21-13(19)10-12-14(15(20)22-4-2)18-16(23-12)17-11-8-6-5-7-9-11/h5-9H,3-4,10H2,1-2H3,(H,17,18). The molecule has 1 aromatic carbocycles. The molecule has 2 rings (SSSR count). The van der Waals surface area contributed by atoms with Crippen molar-refractivity contribution in [2.24, 2.45) is 0 Å². The highest BCUT2D eigenvalue weighted by Gasteiger charge is 2.22. The van der Waals surface area contributed by atoms with Gasteiger partial charge in [-0.3, -0.25) is 4.79 Å². The van der Waals surface area contributed by atoms with Gasteiger partial charge in [-0.25, -0.2) is 9.78 Å². The van der Waals surface area contributed by atoms with Gasteiger partial charge in [0.15, 0.2) is 10.8 Å². The van der Waals surface area contributed by atoms with Crippen molar-refractivity contribution in [2.75, 3.05) is 18.5 Å². The number of carbonyl (C=O) groups is 2. The molecule has 7 heteroatoms. The summed E-state index contributed by atoms with van der Waals surface area (Å²) in [5.41, 5.74) is 1.00. The second-order valence-corrected chi connectivity index (χ2v) is 5.57. The molecule has 0 bridgehead atoms. The van der Waals surface area contributed by atoms with Crippen molar-refractivity contribution in [3.8, 4) is 0 Å². The van der Waals surface area contributed by atoms with E-state index in [9.17, 15) is 9.59 Å². The first-order valence-corrected chi connectivity index (χ1v) is 8.10. The zero-order valence-electron chi connectivity index (χ0n) is 13.0. The predicted molar refractivity (Wildman–Crippen MR) is 88.1 cm³/mol. The molecule has 122 valence electrons. The maximum atomic E-state index is 12.0. The van der Waals surface area contributed by atoms with Crippen LogP contribution in [0.4, 0.5) is 10.8 Å². The summed E-state index contributed by atoms with van der Waals surface area (Å²) in [7, 11) is 0. The van der Waals surface area contributed by atoms with Gasteiger partial charge in [0.25, 0.3) is 0 Å². The average Bonchev–Trinajstić information content (AvgIpc) is 2.91. The van der Waals surface area contributed by atoms with Crippen molar-refractivity contribution >= 4 is 34.1 Å². The molecule has 1 N–H and O–H groups in total. The number of anilines is 2. The van der Waals surface area contributed by atoms with Crippen LogP contribution < -0.4 is 5.32 Å². The number of ether oxygens (including phenoxy) is 2. The highest BCUT2D eigenvalue weighted by atomic mass is 32.1. The van der Waals surface area contributed by atoms with Crippen molar-refractivity contribution in [3.05, 3.63) is 40.9 Å². The predicted octanol–water partition coefficient (Wildman–Crippen LogP) is 3.17. The first kappa shape index (κ1) is 17.0. The monoisotopic (exact) mass is 334 g/mol. The Morgan fingerprint density at radius 1 is 1.13 bits per heavy atom. The van der Waals surface area contributed by atoms with E-state index in [1.807, 2.05) is 30.3 Å². The van der Waals surface area contributed by atoms with Crippen LogP contribution >= 0.6 is 11.3 Å². The van der Waals surface area contributed by atoms with Crippen LogP contribution in [0, 0.1) is 0 Å². The number of hydrogen-bond donors (Lipinski definition) is 1. The van der Waals surface area contributed by atoms with Crippen LogP contribution in [0.1, 0.15) is 29.2 Å². The van der Waals surface area contributed by atoms with E-state index in [1.165, 1.54) is 11.3 Å². The second-order valence-electron chi connectivity index (χ2n) is 4.48. The fraction of sp³-hybridized carbons (Fsp3) is 0.312. The van der Waals surface area contributed by atoms with Crippen LogP contribution in [0.3, 0.4) is 0 Å². The summed E-state index contributed by atoms with van der Waals surface area (Å²) in [5, 5.41) is 3.64. The number of rotatable bonds is 7. The SMILES string of the molecule is CCOC(=O)Cc1sc(Nc2ccccc2)nc1C(=O)OCC. The molecule has 23 heavy (non-hydrogen) atoms. The number of thiazole rings is 1. The maximum absolute atomic E-state index is 12.0. The number of nitrogens with zero attached hydrogens (tertiary/aromatic N) is 1. The normalized spacial score (nSPS) is 10.2. The molecule has 0 fully saturated rings. The molecule has 0 aliphatic heterocycles. The molecule has 0 atom stereocenters. The maximum Gasteiger partial charge on any atom is 0.358 e. The molecule has 0 unspecified atom stereocenters. The highest BCUT2D eigenvalue weighted by Crippen LogP contribution is 2.27. The van der Waals surface area contributed by atoms with Gasteiger partial charge in [-0.15, -0.1) is 11.3 Å². The number of aromatic nitrogens is 1. The lowest BCUT2D eigenvalue weighted by Gasteiger charge is -2.02. The summed E-state index contributed by atoms with van der Waals surface area (Å²) >= 11 is 1.24. The second kappa shape index (κ2) is 8.28. The topological polar surface area (TPSA) is 77.5 Å². The number of esters is 2. The fourth-order valence-corrected chi connectivity index (χ4v) is 2.83.